The molecular formula is C15H21NO2S. The highest BCUT2D eigenvalue weighted by molar-refractivity contribution is 7.99. The molecule has 3 nitrogen and oxygen atoms in total. The SMILES string of the molecule is CCCN1CCS[C@@H]2c3cc(OC)ccc3OC[C@@H]21. The fourth-order valence-corrected chi connectivity index (χ4v) is 4.43. The van der Waals surface area contributed by atoms with Crippen molar-refractivity contribution in [2.24, 2.45) is 0 Å². The minimum absolute atomic E-state index is 0.512. The molecular weight excluding hydrogens is 258 g/mol. The van der Waals surface area contributed by atoms with Gasteiger partial charge in [0.05, 0.1) is 18.4 Å². The van der Waals surface area contributed by atoms with E-state index in [1.165, 1.54) is 30.8 Å². The van der Waals surface area contributed by atoms with Gasteiger partial charge in [-0.05, 0) is 31.2 Å². The molecule has 0 aromatic heterocycles. The van der Waals surface area contributed by atoms with Crippen molar-refractivity contribution in [2.75, 3.05) is 32.6 Å². The summed E-state index contributed by atoms with van der Waals surface area (Å²) in [6, 6.07) is 6.69. The predicted molar refractivity (Wildman–Crippen MR) is 79.3 cm³/mol. The Morgan fingerprint density at radius 1 is 1.47 bits per heavy atom. The average molecular weight is 279 g/mol. The standard InChI is InChI=1S/C15H21NO2S/c1-3-6-16-7-8-19-15-12-9-11(17-2)4-5-14(12)18-10-13(15)16/h4-5,9,13,15H,3,6-8,10H2,1-2H3/t13-,15+/m0/s1. The normalized spacial score (nSPS) is 26.2. The number of rotatable bonds is 3. The molecule has 1 aromatic carbocycles. The van der Waals surface area contributed by atoms with E-state index in [2.05, 4.69) is 29.7 Å². The van der Waals surface area contributed by atoms with Gasteiger partial charge in [-0.3, -0.25) is 4.90 Å². The molecule has 4 heteroatoms. The number of nitrogens with zero attached hydrogens (tertiary/aromatic N) is 1. The van der Waals surface area contributed by atoms with E-state index < -0.39 is 0 Å². The quantitative estimate of drug-likeness (QED) is 0.848. The average Bonchev–Trinajstić information content (AvgIpc) is 2.47. The molecule has 19 heavy (non-hydrogen) atoms. The maximum atomic E-state index is 5.96. The van der Waals surface area contributed by atoms with E-state index in [9.17, 15) is 0 Å². The summed E-state index contributed by atoms with van der Waals surface area (Å²) in [5.74, 6) is 3.17. The number of methoxy groups -OCH3 is 1. The van der Waals surface area contributed by atoms with Gasteiger partial charge in [-0.2, -0.15) is 11.8 Å². The van der Waals surface area contributed by atoms with Crippen LogP contribution in [0.3, 0.4) is 0 Å². The lowest BCUT2D eigenvalue weighted by atomic mass is 9.99. The third-order valence-corrected chi connectivity index (χ3v) is 5.28. The van der Waals surface area contributed by atoms with Crippen LogP contribution in [0.1, 0.15) is 24.2 Å². The summed E-state index contributed by atoms with van der Waals surface area (Å²) in [4.78, 5) is 2.59. The first kappa shape index (κ1) is 13.1. The molecule has 0 bridgehead atoms. The van der Waals surface area contributed by atoms with E-state index in [0.29, 0.717) is 11.3 Å². The molecule has 2 aliphatic rings. The molecule has 0 aliphatic carbocycles. The fraction of sp³-hybridized carbons (Fsp3) is 0.600. The fourth-order valence-electron chi connectivity index (χ4n) is 3.00. The molecule has 0 amide bonds. The highest BCUT2D eigenvalue weighted by Gasteiger charge is 2.37. The van der Waals surface area contributed by atoms with Crippen LogP contribution in [0.25, 0.3) is 0 Å². The largest absolute Gasteiger partial charge is 0.497 e. The third-order valence-electron chi connectivity index (χ3n) is 3.94. The summed E-state index contributed by atoms with van der Waals surface area (Å²) < 4.78 is 11.3. The predicted octanol–water partition coefficient (Wildman–Crippen LogP) is 2.96. The first-order valence-corrected chi connectivity index (χ1v) is 8.04. The lowest BCUT2D eigenvalue weighted by Crippen LogP contribution is -2.49. The smallest absolute Gasteiger partial charge is 0.124 e. The topological polar surface area (TPSA) is 21.7 Å². The second kappa shape index (κ2) is 5.63. The molecule has 2 heterocycles. The van der Waals surface area contributed by atoms with Crippen molar-refractivity contribution in [1.82, 2.24) is 4.90 Å². The Morgan fingerprint density at radius 3 is 3.16 bits per heavy atom. The Hall–Kier alpha value is -0.870. The number of fused-ring (bicyclic) bond motifs is 3. The van der Waals surface area contributed by atoms with Crippen LogP contribution in [0.2, 0.25) is 0 Å². The van der Waals surface area contributed by atoms with Gasteiger partial charge in [0.15, 0.2) is 0 Å². The maximum Gasteiger partial charge on any atom is 0.124 e. The summed E-state index contributed by atoms with van der Waals surface area (Å²) in [6.07, 6.45) is 1.21. The molecule has 1 saturated heterocycles. The lowest BCUT2D eigenvalue weighted by molar-refractivity contribution is 0.117. The maximum absolute atomic E-state index is 5.96. The van der Waals surface area contributed by atoms with Crippen LogP contribution < -0.4 is 9.47 Å². The Kier molecular flexibility index (Phi) is 3.89. The zero-order valence-corrected chi connectivity index (χ0v) is 12.4. The highest BCUT2D eigenvalue weighted by atomic mass is 32.2. The summed E-state index contributed by atoms with van der Waals surface area (Å²) in [5.41, 5.74) is 1.31. The van der Waals surface area contributed by atoms with Crippen LogP contribution in [-0.4, -0.2) is 43.5 Å². The van der Waals surface area contributed by atoms with E-state index in [-0.39, 0.29) is 0 Å². The van der Waals surface area contributed by atoms with E-state index in [4.69, 9.17) is 9.47 Å². The monoisotopic (exact) mass is 279 g/mol. The van der Waals surface area contributed by atoms with Gasteiger partial charge in [-0.1, -0.05) is 6.92 Å². The second-order valence-corrected chi connectivity index (χ2v) is 6.36. The van der Waals surface area contributed by atoms with Gasteiger partial charge in [0, 0.05) is 17.9 Å². The first-order chi connectivity index (χ1) is 9.33. The van der Waals surface area contributed by atoms with Gasteiger partial charge in [0.2, 0.25) is 0 Å². The zero-order chi connectivity index (χ0) is 13.2. The number of hydrogen-bond donors (Lipinski definition) is 0. The van der Waals surface area contributed by atoms with Gasteiger partial charge >= 0.3 is 0 Å². The van der Waals surface area contributed by atoms with Crippen molar-refractivity contribution in [3.05, 3.63) is 23.8 Å². The first-order valence-electron chi connectivity index (χ1n) is 7.00. The van der Waals surface area contributed by atoms with Gasteiger partial charge in [-0.25, -0.2) is 0 Å². The third kappa shape index (κ3) is 2.43. The minimum atomic E-state index is 0.512. The van der Waals surface area contributed by atoms with Gasteiger partial charge in [0.1, 0.15) is 18.1 Å². The number of ether oxygens (including phenoxy) is 2. The Balaban J connectivity index is 1.90. The number of thioether (sulfide) groups is 1. The van der Waals surface area contributed by atoms with Gasteiger partial charge in [-0.15, -0.1) is 0 Å². The summed E-state index contributed by atoms with van der Waals surface area (Å²) >= 11 is 2.06. The Bertz CT molecular complexity index is 450. The van der Waals surface area contributed by atoms with Crippen molar-refractivity contribution >= 4 is 11.8 Å². The number of benzene rings is 1. The van der Waals surface area contributed by atoms with Crippen LogP contribution >= 0.6 is 11.8 Å². The van der Waals surface area contributed by atoms with Crippen LogP contribution in [-0.2, 0) is 0 Å². The highest BCUT2D eigenvalue weighted by Crippen LogP contribution is 2.46. The van der Waals surface area contributed by atoms with Gasteiger partial charge < -0.3 is 9.47 Å². The van der Waals surface area contributed by atoms with Crippen molar-refractivity contribution in [2.45, 2.75) is 24.6 Å². The van der Waals surface area contributed by atoms with E-state index >= 15 is 0 Å². The molecule has 0 N–H and O–H groups in total. The van der Waals surface area contributed by atoms with Crippen LogP contribution in [0.5, 0.6) is 11.5 Å². The molecule has 3 rings (SSSR count). The molecule has 0 unspecified atom stereocenters. The summed E-state index contributed by atoms with van der Waals surface area (Å²) in [7, 11) is 1.72. The van der Waals surface area contributed by atoms with Gasteiger partial charge in [0.25, 0.3) is 0 Å². The van der Waals surface area contributed by atoms with E-state index in [0.717, 1.165) is 18.1 Å². The van der Waals surface area contributed by atoms with Crippen LogP contribution in [0.4, 0.5) is 0 Å². The number of hydrogen-bond acceptors (Lipinski definition) is 4. The molecule has 0 saturated carbocycles. The van der Waals surface area contributed by atoms with Crippen molar-refractivity contribution < 1.29 is 9.47 Å². The molecule has 2 atom stereocenters. The summed E-state index contributed by atoms with van der Waals surface area (Å²) in [6.45, 7) is 5.42. The molecule has 2 aliphatic heterocycles. The molecule has 0 radical (unpaired) electrons. The Labute approximate surface area is 119 Å². The molecule has 0 spiro atoms. The van der Waals surface area contributed by atoms with Crippen LogP contribution in [0, 0.1) is 0 Å². The van der Waals surface area contributed by atoms with Crippen molar-refractivity contribution in [1.29, 1.82) is 0 Å². The summed E-state index contributed by atoms with van der Waals surface area (Å²) in [5, 5.41) is 0.527. The molecule has 1 aromatic rings. The molecule has 104 valence electrons. The second-order valence-electron chi connectivity index (χ2n) is 5.11. The Morgan fingerprint density at radius 2 is 2.37 bits per heavy atom. The van der Waals surface area contributed by atoms with E-state index in [1.54, 1.807) is 7.11 Å². The van der Waals surface area contributed by atoms with Crippen LogP contribution in [0.15, 0.2) is 18.2 Å². The van der Waals surface area contributed by atoms with Crippen molar-refractivity contribution in [3.63, 3.8) is 0 Å². The molecule has 1 fully saturated rings. The van der Waals surface area contributed by atoms with Crippen molar-refractivity contribution in [3.8, 4) is 11.5 Å². The van der Waals surface area contributed by atoms with E-state index in [1.807, 2.05) is 12.1 Å². The lowest BCUT2D eigenvalue weighted by Gasteiger charge is -2.44. The zero-order valence-electron chi connectivity index (χ0n) is 11.6. The minimum Gasteiger partial charge on any atom is -0.497 e.